The van der Waals surface area contributed by atoms with Crippen LogP contribution < -0.4 is 0 Å². The smallest absolute Gasteiger partial charge is 0.334 e. The van der Waals surface area contributed by atoms with Crippen LogP contribution in [0.3, 0.4) is 0 Å². The average Bonchev–Trinajstić information content (AvgIpc) is 2.76. The van der Waals surface area contributed by atoms with Crippen LogP contribution in [0, 0.1) is 0 Å². The molecule has 0 unspecified atom stereocenters. The zero-order valence-electron chi connectivity index (χ0n) is 11.2. The largest absolute Gasteiger partial charge is 0.458 e. The molecule has 2 atom stereocenters. The molecule has 0 radical (unpaired) electrons. The lowest BCUT2D eigenvalue weighted by Gasteiger charge is -2.18. The van der Waals surface area contributed by atoms with Crippen molar-refractivity contribution in [1.29, 1.82) is 0 Å². The summed E-state index contributed by atoms with van der Waals surface area (Å²) in [6.07, 6.45) is 0.547. The molecule has 1 aliphatic rings. The molecule has 0 saturated carbocycles. The van der Waals surface area contributed by atoms with Gasteiger partial charge in [-0.2, -0.15) is 0 Å². The quantitative estimate of drug-likeness (QED) is 0.626. The first-order valence-corrected chi connectivity index (χ1v) is 6.74. The first kappa shape index (κ1) is 12.7. The van der Waals surface area contributed by atoms with Crippen molar-refractivity contribution in [3.63, 3.8) is 0 Å². The fraction of sp³-hybridized carbons (Fsp3) is 0.167. The Labute approximate surface area is 118 Å². The van der Waals surface area contributed by atoms with Crippen LogP contribution in [-0.4, -0.2) is 12.1 Å². The topological polar surface area (TPSA) is 26.3 Å². The van der Waals surface area contributed by atoms with Gasteiger partial charge in [-0.15, -0.1) is 0 Å². The van der Waals surface area contributed by atoms with E-state index >= 15 is 0 Å². The van der Waals surface area contributed by atoms with E-state index < -0.39 is 0 Å². The molecule has 2 aromatic rings. The fourth-order valence-electron chi connectivity index (χ4n) is 2.71. The third-order valence-electron chi connectivity index (χ3n) is 3.71. The van der Waals surface area contributed by atoms with E-state index in [0.717, 1.165) is 5.56 Å². The number of benzene rings is 2. The van der Waals surface area contributed by atoms with Gasteiger partial charge in [-0.05, 0) is 11.1 Å². The van der Waals surface area contributed by atoms with Crippen molar-refractivity contribution in [3.8, 4) is 0 Å². The van der Waals surface area contributed by atoms with Gasteiger partial charge in [-0.1, -0.05) is 67.2 Å². The number of carbonyl (C=O) groups is 1. The van der Waals surface area contributed by atoms with Gasteiger partial charge in [0.25, 0.3) is 0 Å². The fourth-order valence-corrected chi connectivity index (χ4v) is 2.71. The van der Waals surface area contributed by atoms with E-state index in [2.05, 4.69) is 18.7 Å². The maximum absolute atomic E-state index is 11.8. The SMILES string of the molecule is C=C1C(=O)O[C@@H](Cc2ccccc2)[C@@H]1c1ccccc1. The highest BCUT2D eigenvalue weighted by Gasteiger charge is 2.39. The molecule has 0 aromatic heterocycles. The van der Waals surface area contributed by atoms with Gasteiger partial charge in [-0.25, -0.2) is 4.79 Å². The van der Waals surface area contributed by atoms with Gasteiger partial charge in [0.1, 0.15) is 6.10 Å². The molecule has 2 nitrogen and oxygen atoms in total. The van der Waals surface area contributed by atoms with Crippen molar-refractivity contribution >= 4 is 5.97 Å². The second-order valence-electron chi connectivity index (χ2n) is 5.05. The molecule has 0 spiro atoms. The molecule has 100 valence electrons. The molecule has 3 rings (SSSR count). The van der Waals surface area contributed by atoms with E-state index in [0.29, 0.717) is 12.0 Å². The number of carbonyl (C=O) groups excluding carboxylic acids is 1. The Balaban J connectivity index is 1.89. The average molecular weight is 264 g/mol. The zero-order valence-corrected chi connectivity index (χ0v) is 11.2. The lowest BCUT2D eigenvalue weighted by atomic mass is 9.86. The Morgan fingerprint density at radius 1 is 0.950 bits per heavy atom. The molecule has 2 aromatic carbocycles. The summed E-state index contributed by atoms with van der Waals surface area (Å²) in [7, 11) is 0. The molecule has 0 N–H and O–H groups in total. The summed E-state index contributed by atoms with van der Waals surface area (Å²) in [5, 5.41) is 0. The summed E-state index contributed by atoms with van der Waals surface area (Å²) < 4.78 is 5.51. The molecule has 20 heavy (non-hydrogen) atoms. The van der Waals surface area contributed by atoms with E-state index in [1.54, 1.807) is 0 Å². The van der Waals surface area contributed by atoms with Crippen LogP contribution >= 0.6 is 0 Å². The highest BCUT2D eigenvalue weighted by molar-refractivity contribution is 5.92. The van der Waals surface area contributed by atoms with Gasteiger partial charge in [0.2, 0.25) is 0 Å². The Kier molecular flexibility index (Phi) is 3.38. The van der Waals surface area contributed by atoms with E-state index in [4.69, 9.17) is 4.74 Å². The summed E-state index contributed by atoms with van der Waals surface area (Å²) in [4.78, 5) is 11.8. The Bertz CT molecular complexity index is 616. The summed E-state index contributed by atoms with van der Waals surface area (Å²) in [6, 6.07) is 20.1. The number of esters is 1. The molecule has 2 heteroatoms. The summed E-state index contributed by atoms with van der Waals surface area (Å²) >= 11 is 0. The first-order valence-electron chi connectivity index (χ1n) is 6.74. The first-order chi connectivity index (χ1) is 9.75. The second kappa shape index (κ2) is 5.33. The molecule has 0 amide bonds. The third-order valence-corrected chi connectivity index (χ3v) is 3.71. The molecule has 1 heterocycles. The Morgan fingerprint density at radius 3 is 2.20 bits per heavy atom. The molecule has 1 aliphatic heterocycles. The number of rotatable bonds is 3. The lowest BCUT2D eigenvalue weighted by Crippen LogP contribution is -2.18. The van der Waals surface area contributed by atoms with Crippen molar-refractivity contribution < 1.29 is 9.53 Å². The summed E-state index contributed by atoms with van der Waals surface area (Å²) in [6.45, 7) is 3.91. The van der Waals surface area contributed by atoms with Crippen molar-refractivity contribution in [2.24, 2.45) is 0 Å². The molecule has 0 aliphatic carbocycles. The summed E-state index contributed by atoms with van der Waals surface area (Å²) in [5.41, 5.74) is 2.81. The van der Waals surface area contributed by atoms with Gasteiger partial charge >= 0.3 is 5.97 Å². The van der Waals surface area contributed by atoms with Crippen LogP contribution in [0.25, 0.3) is 0 Å². The van der Waals surface area contributed by atoms with E-state index in [1.165, 1.54) is 5.56 Å². The Morgan fingerprint density at radius 2 is 1.55 bits per heavy atom. The second-order valence-corrected chi connectivity index (χ2v) is 5.05. The normalized spacial score (nSPS) is 21.8. The van der Waals surface area contributed by atoms with Crippen LogP contribution in [0.2, 0.25) is 0 Å². The summed E-state index contributed by atoms with van der Waals surface area (Å²) in [5.74, 6) is -0.330. The maximum Gasteiger partial charge on any atom is 0.334 e. The highest BCUT2D eigenvalue weighted by Crippen LogP contribution is 2.37. The standard InChI is InChI=1S/C18H16O2/c1-13-17(15-10-6-3-7-11-15)16(20-18(13)19)12-14-8-4-2-5-9-14/h2-11,16-17H,1,12H2/t16-,17-/m0/s1. The van der Waals surface area contributed by atoms with Gasteiger partial charge in [0.15, 0.2) is 0 Å². The predicted molar refractivity (Wildman–Crippen MR) is 78.3 cm³/mol. The Hall–Kier alpha value is -2.35. The molecular formula is C18H16O2. The number of hydrogen-bond donors (Lipinski definition) is 0. The predicted octanol–water partition coefficient (Wildman–Crippen LogP) is 3.49. The molecule has 1 saturated heterocycles. The van der Waals surface area contributed by atoms with Crippen molar-refractivity contribution in [3.05, 3.63) is 83.9 Å². The van der Waals surface area contributed by atoms with Gasteiger partial charge in [0, 0.05) is 12.0 Å². The molecule has 1 fully saturated rings. The molecule has 0 bridgehead atoms. The van der Waals surface area contributed by atoms with E-state index in [1.807, 2.05) is 48.5 Å². The lowest BCUT2D eigenvalue weighted by molar-refractivity contribution is -0.138. The van der Waals surface area contributed by atoms with Crippen LogP contribution in [0.15, 0.2) is 72.8 Å². The van der Waals surface area contributed by atoms with Gasteiger partial charge in [0.05, 0.1) is 5.92 Å². The number of hydrogen-bond acceptors (Lipinski definition) is 2. The number of ether oxygens (including phenoxy) is 1. The van der Waals surface area contributed by atoms with Crippen molar-refractivity contribution in [2.45, 2.75) is 18.4 Å². The van der Waals surface area contributed by atoms with Gasteiger partial charge < -0.3 is 4.74 Å². The van der Waals surface area contributed by atoms with Crippen LogP contribution in [-0.2, 0) is 16.0 Å². The monoisotopic (exact) mass is 264 g/mol. The minimum atomic E-state index is -0.278. The van der Waals surface area contributed by atoms with Crippen LogP contribution in [0.4, 0.5) is 0 Å². The van der Waals surface area contributed by atoms with E-state index in [9.17, 15) is 4.79 Å². The minimum Gasteiger partial charge on any atom is -0.458 e. The van der Waals surface area contributed by atoms with Gasteiger partial charge in [-0.3, -0.25) is 0 Å². The van der Waals surface area contributed by atoms with Crippen LogP contribution in [0.1, 0.15) is 17.0 Å². The molecular weight excluding hydrogens is 248 g/mol. The van der Waals surface area contributed by atoms with Crippen molar-refractivity contribution in [2.75, 3.05) is 0 Å². The van der Waals surface area contributed by atoms with E-state index in [-0.39, 0.29) is 18.0 Å². The van der Waals surface area contributed by atoms with Crippen LogP contribution in [0.5, 0.6) is 0 Å². The number of cyclic esters (lactones) is 1. The van der Waals surface area contributed by atoms with Crippen molar-refractivity contribution in [1.82, 2.24) is 0 Å². The highest BCUT2D eigenvalue weighted by atomic mass is 16.6. The zero-order chi connectivity index (χ0) is 13.9. The third kappa shape index (κ3) is 2.37. The minimum absolute atomic E-state index is 0.0519. The maximum atomic E-state index is 11.8.